The lowest BCUT2D eigenvalue weighted by molar-refractivity contribution is 0.959. The average molecular weight is 333 g/mol. The van der Waals surface area contributed by atoms with Crippen molar-refractivity contribution in [1.29, 1.82) is 0 Å². The van der Waals surface area contributed by atoms with E-state index in [0.29, 0.717) is 10.5 Å². The molecule has 0 atom stereocenters. The first-order chi connectivity index (χ1) is 8.25. The Bertz CT molecular complexity index is 611. The molecule has 2 aromatic rings. The van der Waals surface area contributed by atoms with E-state index in [0.717, 1.165) is 46.5 Å². The average Bonchev–Trinajstić information content (AvgIpc) is 2.95. The number of hydrogen-bond acceptors (Lipinski definition) is 6. The lowest BCUT2D eigenvalue weighted by Crippen LogP contribution is -2.26. The number of benzene rings is 1. The van der Waals surface area contributed by atoms with E-state index in [1.165, 1.54) is 0 Å². The van der Waals surface area contributed by atoms with Crippen molar-refractivity contribution in [1.82, 2.24) is 14.1 Å². The first-order valence-electron chi connectivity index (χ1n) is 4.91. The Kier molecular flexibility index (Phi) is 2.89. The van der Waals surface area contributed by atoms with Crippen LogP contribution in [0.4, 0.5) is 5.69 Å². The third kappa shape index (κ3) is 1.98. The van der Waals surface area contributed by atoms with E-state index in [4.69, 9.17) is 11.6 Å². The molecular weight excluding hydrogens is 326 g/mol. The first-order valence-corrected chi connectivity index (χ1v) is 6.81. The lowest BCUT2D eigenvalue weighted by Gasteiger charge is -2.09. The molecule has 17 heavy (non-hydrogen) atoms. The van der Waals surface area contributed by atoms with Gasteiger partial charge in [0.15, 0.2) is 5.96 Å². The van der Waals surface area contributed by atoms with E-state index in [1.807, 2.05) is 6.07 Å². The number of fused-ring (bicyclic) bond motifs is 1. The Balaban J connectivity index is 2.11. The van der Waals surface area contributed by atoms with Gasteiger partial charge in [-0.05, 0) is 22.0 Å². The van der Waals surface area contributed by atoms with Crippen LogP contribution in [0.5, 0.6) is 0 Å². The van der Waals surface area contributed by atoms with E-state index < -0.39 is 0 Å². The van der Waals surface area contributed by atoms with Gasteiger partial charge in [0, 0.05) is 11.0 Å². The molecule has 0 saturated heterocycles. The zero-order valence-corrected chi connectivity index (χ0v) is 11.7. The summed E-state index contributed by atoms with van der Waals surface area (Å²) in [6, 6.07) is 1.81. The van der Waals surface area contributed by atoms with Crippen LogP contribution in [-0.2, 0) is 0 Å². The number of nitrogens with one attached hydrogen (secondary N) is 2. The number of anilines is 1. The fourth-order valence-electron chi connectivity index (χ4n) is 1.59. The van der Waals surface area contributed by atoms with Crippen LogP contribution >= 0.6 is 39.3 Å². The van der Waals surface area contributed by atoms with Crippen molar-refractivity contribution < 1.29 is 0 Å². The van der Waals surface area contributed by atoms with Gasteiger partial charge in [0.05, 0.1) is 29.0 Å². The number of guanidine groups is 1. The van der Waals surface area contributed by atoms with Crippen molar-refractivity contribution in [3.05, 3.63) is 15.6 Å². The Morgan fingerprint density at radius 1 is 1.41 bits per heavy atom. The number of nitrogens with zero attached hydrogens (tertiary/aromatic N) is 3. The quantitative estimate of drug-likeness (QED) is 0.842. The zero-order chi connectivity index (χ0) is 11.8. The second-order valence-corrected chi connectivity index (χ2v) is 5.25. The van der Waals surface area contributed by atoms with Crippen LogP contribution in [0.25, 0.3) is 11.0 Å². The van der Waals surface area contributed by atoms with Crippen molar-refractivity contribution in [3.8, 4) is 0 Å². The maximum absolute atomic E-state index is 6.09. The van der Waals surface area contributed by atoms with E-state index >= 15 is 0 Å². The summed E-state index contributed by atoms with van der Waals surface area (Å²) in [7, 11) is 0. The third-order valence-corrected chi connectivity index (χ3v) is 3.80. The van der Waals surface area contributed by atoms with Crippen LogP contribution in [0.3, 0.4) is 0 Å². The molecule has 1 aromatic carbocycles. The molecule has 0 amide bonds. The predicted molar refractivity (Wildman–Crippen MR) is 74.1 cm³/mol. The number of hydrogen-bond donors (Lipinski definition) is 2. The first kappa shape index (κ1) is 11.2. The third-order valence-electron chi connectivity index (χ3n) is 2.36. The van der Waals surface area contributed by atoms with Crippen LogP contribution in [0.1, 0.15) is 0 Å². The Morgan fingerprint density at radius 2 is 2.24 bits per heavy atom. The molecule has 0 aliphatic carbocycles. The predicted octanol–water partition coefficient (Wildman–Crippen LogP) is 2.48. The fourth-order valence-corrected chi connectivity index (χ4v) is 3.10. The SMILES string of the molecule is Clc1cc(Br)c(NC2=NCCN2)c2nsnc12. The summed E-state index contributed by atoms with van der Waals surface area (Å²) in [5, 5.41) is 6.94. The Hall–Kier alpha value is -0.920. The van der Waals surface area contributed by atoms with Gasteiger partial charge in [0.25, 0.3) is 0 Å². The molecule has 0 fully saturated rings. The standard InChI is InChI=1S/C9H7BrClN5S/c10-4-3-5(11)7-8(16-17-15-7)6(4)14-9-12-1-2-13-9/h3H,1-2H2,(H2,12,13,14). The molecule has 2 heterocycles. The van der Waals surface area contributed by atoms with Crippen molar-refractivity contribution in [2.75, 3.05) is 18.4 Å². The van der Waals surface area contributed by atoms with Crippen molar-refractivity contribution >= 4 is 61.9 Å². The largest absolute Gasteiger partial charge is 0.354 e. The second-order valence-electron chi connectivity index (χ2n) is 3.46. The molecule has 1 aliphatic rings. The summed E-state index contributed by atoms with van der Waals surface area (Å²) in [6.45, 7) is 1.64. The normalized spacial score (nSPS) is 14.8. The molecule has 5 nitrogen and oxygen atoms in total. The van der Waals surface area contributed by atoms with Gasteiger partial charge in [0.2, 0.25) is 0 Å². The van der Waals surface area contributed by atoms with Crippen LogP contribution in [0, 0.1) is 0 Å². The summed E-state index contributed by atoms with van der Waals surface area (Å²) in [5.41, 5.74) is 2.30. The van der Waals surface area contributed by atoms with Crippen LogP contribution in [0.15, 0.2) is 15.5 Å². The molecule has 0 bridgehead atoms. The number of aromatic nitrogens is 2. The number of rotatable bonds is 1. The molecule has 1 aliphatic heterocycles. The summed E-state index contributed by atoms with van der Waals surface area (Å²) < 4.78 is 9.27. The highest BCUT2D eigenvalue weighted by molar-refractivity contribution is 9.10. The highest BCUT2D eigenvalue weighted by atomic mass is 79.9. The number of halogens is 2. The van der Waals surface area contributed by atoms with Crippen molar-refractivity contribution in [2.45, 2.75) is 0 Å². The summed E-state index contributed by atoms with van der Waals surface area (Å²) in [5.74, 6) is 0.752. The van der Waals surface area contributed by atoms with Crippen molar-refractivity contribution in [2.24, 2.45) is 4.99 Å². The maximum atomic E-state index is 6.09. The van der Waals surface area contributed by atoms with E-state index in [1.54, 1.807) is 0 Å². The summed E-state index contributed by atoms with van der Waals surface area (Å²) in [6.07, 6.45) is 0. The molecule has 3 rings (SSSR count). The minimum Gasteiger partial charge on any atom is -0.354 e. The Labute approximate surface area is 115 Å². The van der Waals surface area contributed by atoms with Crippen LogP contribution in [-0.4, -0.2) is 27.8 Å². The fraction of sp³-hybridized carbons (Fsp3) is 0.222. The van der Waals surface area contributed by atoms with Gasteiger partial charge in [-0.15, -0.1) is 0 Å². The van der Waals surface area contributed by atoms with Gasteiger partial charge < -0.3 is 10.6 Å². The lowest BCUT2D eigenvalue weighted by atomic mass is 10.2. The molecule has 0 unspecified atom stereocenters. The zero-order valence-electron chi connectivity index (χ0n) is 8.50. The molecule has 88 valence electrons. The van der Waals surface area contributed by atoms with Gasteiger partial charge in [0.1, 0.15) is 11.0 Å². The monoisotopic (exact) mass is 331 g/mol. The topological polar surface area (TPSA) is 62.2 Å². The highest BCUT2D eigenvalue weighted by Gasteiger charge is 2.15. The Morgan fingerprint density at radius 3 is 3.00 bits per heavy atom. The molecule has 0 saturated carbocycles. The second kappa shape index (κ2) is 4.40. The minimum atomic E-state index is 0.590. The summed E-state index contributed by atoms with van der Waals surface area (Å²) in [4.78, 5) is 4.28. The number of aliphatic imine (C=N–C) groups is 1. The highest BCUT2D eigenvalue weighted by Crippen LogP contribution is 2.35. The van der Waals surface area contributed by atoms with Crippen LogP contribution in [0.2, 0.25) is 5.02 Å². The van der Waals surface area contributed by atoms with Gasteiger partial charge in [-0.2, -0.15) is 8.75 Å². The van der Waals surface area contributed by atoms with Gasteiger partial charge in [-0.25, -0.2) is 0 Å². The molecule has 1 aromatic heterocycles. The van der Waals surface area contributed by atoms with E-state index in [9.17, 15) is 0 Å². The van der Waals surface area contributed by atoms with Crippen molar-refractivity contribution in [3.63, 3.8) is 0 Å². The smallest absolute Gasteiger partial charge is 0.196 e. The van der Waals surface area contributed by atoms with Gasteiger partial charge >= 0.3 is 0 Å². The van der Waals surface area contributed by atoms with Gasteiger partial charge in [-0.1, -0.05) is 11.6 Å². The molecule has 8 heteroatoms. The molecule has 0 spiro atoms. The van der Waals surface area contributed by atoms with E-state index in [2.05, 4.69) is 40.3 Å². The molecular formula is C9H7BrClN5S. The summed E-state index contributed by atoms with van der Waals surface area (Å²) >= 11 is 10.7. The van der Waals surface area contributed by atoms with Crippen LogP contribution < -0.4 is 10.6 Å². The molecule has 0 radical (unpaired) electrons. The minimum absolute atomic E-state index is 0.590. The maximum Gasteiger partial charge on any atom is 0.196 e. The van der Waals surface area contributed by atoms with Gasteiger partial charge in [-0.3, -0.25) is 4.99 Å². The van der Waals surface area contributed by atoms with E-state index in [-0.39, 0.29) is 0 Å². The molecule has 2 N–H and O–H groups in total.